The van der Waals surface area contributed by atoms with Crippen molar-refractivity contribution in [1.29, 1.82) is 0 Å². The summed E-state index contributed by atoms with van der Waals surface area (Å²) in [5, 5.41) is 8.41. The number of aromatic nitrogens is 8. The molecule has 3 aliphatic rings. The zero-order valence-corrected chi connectivity index (χ0v) is 35.5. The van der Waals surface area contributed by atoms with Crippen molar-refractivity contribution in [2.75, 3.05) is 9.80 Å². The first-order chi connectivity index (χ1) is 26.8. The molecule has 4 atom stereocenters. The van der Waals surface area contributed by atoms with E-state index in [1.807, 2.05) is 70.8 Å². The lowest BCUT2D eigenvalue weighted by atomic mass is 9.81. The summed E-state index contributed by atoms with van der Waals surface area (Å²) < 4.78 is 16.5. The van der Waals surface area contributed by atoms with Gasteiger partial charge in [0.25, 0.3) is 0 Å². The number of hydrogen-bond acceptors (Lipinski definition) is 10. The lowest BCUT2D eigenvalue weighted by Gasteiger charge is -2.40. The Hall–Kier alpha value is -4.40. The van der Waals surface area contributed by atoms with Crippen LogP contribution in [0.1, 0.15) is 93.9 Å². The fourth-order valence-corrected chi connectivity index (χ4v) is 8.09. The van der Waals surface area contributed by atoms with Crippen LogP contribution >= 0.6 is 15.9 Å². The van der Waals surface area contributed by atoms with Crippen LogP contribution in [0.15, 0.2) is 90.4 Å². The molecule has 0 spiro atoms. The minimum absolute atomic E-state index is 0.337. The van der Waals surface area contributed by atoms with Crippen molar-refractivity contribution < 1.29 is 9.31 Å². The van der Waals surface area contributed by atoms with E-state index in [9.17, 15) is 0 Å². The van der Waals surface area contributed by atoms with Gasteiger partial charge in [-0.25, -0.2) is 29.0 Å². The maximum Gasteiger partial charge on any atom is 0.498 e. The fraction of sp³-hybridized carbons (Fsp3) is 0.476. The highest BCUT2D eigenvalue weighted by atomic mass is 79.9. The molecule has 12 nitrogen and oxygen atoms in total. The topological polar surface area (TPSA) is 111 Å². The number of pyridine rings is 2. The smallest absolute Gasteiger partial charge is 0.399 e. The molecule has 3 aliphatic heterocycles. The molecule has 9 rings (SSSR count). The van der Waals surface area contributed by atoms with Gasteiger partial charge in [0.15, 0.2) is 11.3 Å². The first kappa shape index (κ1) is 39.8. The number of hydrogen-bond donors (Lipinski definition) is 0. The zero-order valence-electron chi connectivity index (χ0n) is 33.9. The summed E-state index contributed by atoms with van der Waals surface area (Å²) in [6.45, 7) is 17.3. The maximum atomic E-state index is 5.97. The Morgan fingerprint density at radius 3 is 1.57 bits per heavy atom. The number of rotatable bonds is 4. The van der Waals surface area contributed by atoms with Gasteiger partial charge in [-0.2, -0.15) is 10.2 Å². The molecular weight excluding hydrogens is 767 g/mol. The molecule has 0 bridgehead atoms. The Bertz CT molecular complexity index is 2170. The molecule has 3 fully saturated rings. The van der Waals surface area contributed by atoms with E-state index in [2.05, 4.69) is 103 Å². The Balaban J connectivity index is 0.000000132. The molecule has 294 valence electrons. The Labute approximate surface area is 339 Å². The molecule has 0 saturated carbocycles. The molecular formula is C42H54BBrN10O2. The van der Waals surface area contributed by atoms with E-state index in [1.54, 1.807) is 27.6 Å². The highest BCUT2D eigenvalue weighted by Gasteiger charge is 2.52. The van der Waals surface area contributed by atoms with Gasteiger partial charge in [0, 0.05) is 94.5 Å². The summed E-state index contributed by atoms with van der Waals surface area (Å²) >= 11 is 3.42. The molecule has 6 aromatic rings. The van der Waals surface area contributed by atoms with Crippen LogP contribution in [0.25, 0.3) is 22.4 Å². The highest BCUT2D eigenvalue weighted by molar-refractivity contribution is 9.10. The van der Waals surface area contributed by atoms with Crippen LogP contribution < -0.4 is 15.3 Å². The van der Waals surface area contributed by atoms with Crippen LogP contribution in [0.3, 0.4) is 0 Å². The van der Waals surface area contributed by atoms with Gasteiger partial charge in [0.1, 0.15) is 11.6 Å². The van der Waals surface area contributed by atoms with E-state index in [-0.39, 0.29) is 11.2 Å². The van der Waals surface area contributed by atoms with Gasteiger partial charge in [-0.1, -0.05) is 0 Å². The number of piperidine rings is 2. The van der Waals surface area contributed by atoms with Gasteiger partial charge in [0.2, 0.25) is 0 Å². The summed E-state index contributed by atoms with van der Waals surface area (Å²) in [5.74, 6) is 2.18. The minimum Gasteiger partial charge on any atom is -0.399 e. The van der Waals surface area contributed by atoms with Crippen molar-refractivity contribution in [3.05, 3.63) is 90.4 Å². The maximum absolute atomic E-state index is 5.97. The van der Waals surface area contributed by atoms with Crippen molar-refractivity contribution in [3.63, 3.8) is 0 Å². The Morgan fingerprint density at radius 1 is 0.589 bits per heavy atom. The standard InChI is InChI=1S/C18H21N5.C12H16BN3O2.C12H17BrN2/c1-13-4-3-5-14(2)23(13)18-7-6-15(10-20-18)16-11-19-17-8-9-21-22(17)12-16;1-11(2)12(3,4)18-13(17-11)9-7-14-10-5-6-15-16(10)8-9;1-9-4-3-5-10(2)15(9)12-7-6-11(13)8-14-12/h6-14H,3-5H2,1-2H3;5-8H,1-4H3;6-10H,3-5H2,1-2H3/t13-,14+;;9-,10+. The second-order valence-electron chi connectivity index (χ2n) is 16.4. The van der Waals surface area contributed by atoms with Crippen LogP contribution in [0.4, 0.5) is 11.6 Å². The van der Waals surface area contributed by atoms with E-state index in [0.717, 1.165) is 44.0 Å². The Kier molecular flexibility index (Phi) is 11.8. The summed E-state index contributed by atoms with van der Waals surface area (Å²) in [5.41, 5.74) is 3.97. The zero-order chi connectivity index (χ0) is 39.6. The Morgan fingerprint density at radius 2 is 1.07 bits per heavy atom. The van der Waals surface area contributed by atoms with Gasteiger partial charge in [-0.15, -0.1) is 0 Å². The van der Waals surface area contributed by atoms with E-state index in [1.165, 1.54) is 38.5 Å². The van der Waals surface area contributed by atoms with Crippen molar-refractivity contribution >= 4 is 51.4 Å². The van der Waals surface area contributed by atoms with Gasteiger partial charge in [-0.05, 0) is 134 Å². The number of fused-ring (bicyclic) bond motifs is 2. The molecule has 0 amide bonds. The highest BCUT2D eigenvalue weighted by Crippen LogP contribution is 2.36. The van der Waals surface area contributed by atoms with Gasteiger partial charge >= 0.3 is 7.12 Å². The predicted octanol–water partition coefficient (Wildman–Crippen LogP) is 8.20. The summed E-state index contributed by atoms with van der Waals surface area (Å²) in [4.78, 5) is 22.8. The molecule has 6 aromatic heterocycles. The van der Waals surface area contributed by atoms with E-state index < -0.39 is 7.12 Å². The average molecular weight is 822 g/mol. The van der Waals surface area contributed by atoms with Crippen LogP contribution in [-0.4, -0.2) is 81.7 Å². The lowest BCUT2D eigenvalue weighted by molar-refractivity contribution is 0.00578. The van der Waals surface area contributed by atoms with Crippen LogP contribution in [0, 0.1) is 0 Å². The molecule has 56 heavy (non-hydrogen) atoms. The van der Waals surface area contributed by atoms with Gasteiger partial charge < -0.3 is 19.1 Å². The summed E-state index contributed by atoms with van der Waals surface area (Å²) in [6, 6.07) is 14.5. The van der Waals surface area contributed by atoms with E-state index in [0.29, 0.717) is 24.2 Å². The molecule has 14 heteroatoms. The third-order valence-corrected chi connectivity index (χ3v) is 12.2. The molecule has 0 aromatic carbocycles. The number of nitrogens with zero attached hydrogens (tertiary/aromatic N) is 10. The quantitative estimate of drug-likeness (QED) is 0.162. The SMILES string of the molecule is CC1(C)OB(c2cnc3ccnn3c2)OC1(C)C.C[C@@H]1CCC[C@H](C)N1c1ccc(-c2cnc3ccnn3c2)cn1.C[C@@H]1CCC[C@H](C)N1c1ccc(Br)cn1. The fourth-order valence-electron chi connectivity index (χ4n) is 7.86. The van der Waals surface area contributed by atoms with Crippen molar-refractivity contribution in [2.24, 2.45) is 0 Å². The second kappa shape index (κ2) is 16.6. The average Bonchev–Trinajstić information content (AvgIpc) is 3.90. The lowest BCUT2D eigenvalue weighted by Crippen LogP contribution is -2.44. The third-order valence-electron chi connectivity index (χ3n) is 11.7. The van der Waals surface area contributed by atoms with Crippen LogP contribution in [-0.2, 0) is 9.31 Å². The number of halogens is 1. The molecule has 3 saturated heterocycles. The molecule has 0 radical (unpaired) electrons. The first-order valence-electron chi connectivity index (χ1n) is 19.9. The first-order valence-corrected chi connectivity index (χ1v) is 20.7. The van der Waals surface area contributed by atoms with Crippen molar-refractivity contribution in [1.82, 2.24) is 39.2 Å². The van der Waals surface area contributed by atoms with Gasteiger partial charge in [-0.3, -0.25) is 0 Å². The molecule has 9 heterocycles. The molecule has 0 N–H and O–H groups in total. The largest absolute Gasteiger partial charge is 0.498 e. The predicted molar refractivity (Wildman–Crippen MR) is 227 cm³/mol. The molecule has 0 aliphatic carbocycles. The summed E-state index contributed by atoms with van der Waals surface area (Å²) in [6.07, 6.45) is 22.5. The summed E-state index contributed by atoms with van der Waals surface area (Å²) in [7, 11) is -0.393. The number of anilines is 2. The minimum atomic E-state index is -0.393. The van der Waals surface area contributed by atoms with Gasteiger partial charge in [0.05, 0.1) is 23.6 Å². The normalized spacial score (nSPS) is 23.1. The monoisotopic (exact) mass is 820 g/mol. The second-order valence-corrected chi connectivity index (χ2v) is 17.3. The van der Waals surface area contributed by atoms with E-state index >= 15 is 0 Å². The van der Waals surface area contributed by atoms with Crippen LogP contribution in [0.2, 0.25) is 0 Å². The van der Waals surface area contributed by atoms with Crippen molar-refractivity contribution in [2.45, 2.75) is 129 Å². The third kappa shape index (κ3) is 8.62. The molecule has 0 unspecified atom stereocenters. The van der Waals surface area contributed by atoms with Crippen LogP contribution in [0.5, 0.6) is 0 Å². The van der Waals surface area contributed by atoms with E-state index in [4.69, 9.17) is 14.3 Å². The van der Waals surface area contributed by atoms with Crippen molar-refractivity contribution in [3.8, 4) is 11.1 Å².